The van der Waals surface area contributed by atoms with Gasteiger partial charge in [0.25, 0.3) is 0 Å². The summed E-state index contributed by atoms with van der Waals surface area (Å²) in [6, 6.07) is 14.8. The van der Waals surface area contributed by atoms with E-state index in [1.54, 1.807) is 0 Å². The second-order valence-corrected chi connectivity index (χ2v) is 9.71. The molecule has 1 unspecified atom stereocenters. The van der Waals surface area contributed by atoms with Crippen molar-refractivity contribution in [3.05, 3.63) is 48.0 Å². The molecular formula is C24H31F5OS. The van der Waals surface area contributed by atoms with Gasteiger partial charge in [-0.05, 0) is 48.4 Å². The summed E-state index contributed by atoms with van der Waals surface area (Å²) in [5.41, 5.74) is 1.38. The van der Waals surface area contributed by atoms with Gasteiger partial charge in [-0.2, -0.15) is 22.0 Å². The van der Waals surface area contributed by atoms with Crippen molar-refractivity contribution in [2.24, 2.45) is 0 Å². The van der Waals surface area contributed by atoms with Gasteiger partial charge in [-0.25, -0.2) is 0 Å². The Bertz CT molecular complexity index is 773. The van der Waals surface area contributed by atoms with Gasteiger partial charge in [0.1, 0.15) is 11.5 Å². The van der Waals surface area contributed by atoms with E-state index in [1.807, 2.05) is 6.07 Å². The molecule has 0 aliphatic rings. The van der Waals surface area contributed by atoms with Gasteiger partial charge in [-0.15, -0.1) is 0 Å². The van der Waals surface area contributed by atoms with Crippen molar-refractivity contribution < 1.29 is 26.5 Å². The Balaban J connectivity index is 1.47. The Morgan fingerprint density at radius 3 is 1.97 bits per heavy atom. The van der Waals surface area contributed by atoms with Gasteiger partial charge in [0, 0.05) is 6.42 Å². The van der Waals surface area contributed by atoms with Crippen molar-refractivity contribution in [2.45, 2.75) is 76.3 Å². The fraction of sp³-hybridized carbons (Fsp3) is 0.583. The molecular weight excluding hydrogens is 431 g/mol. The molecule has 0 saturated heterocycles. The third-order valence-electron chi connectivity index (χ3n) is 5.48. The van der Waals surface area contributed by atoms with E-state index in [0.29, 0.717) is 5.75 Å². The van der Waals surface area contributed by atoms with Crippen LogP contribution in [-0.2, 0) is 17.6 Å². The van der Waals surface area contributed by atoms with E-state index in [1.165, 1.54) is 16.3 Å². The monoisotopic (exact) mass is 462 g/mol. The first-order valence-corrected chi connectivity index (χ1v) is 12.5. The summed E-state index contributed by atoms with van der Waals surface area (Å²) in [7, 11) is 0. The smallest absolute Gasteiger partial charge is 0.453 e. The van der Waals surface area contributed by atoms with Crippen LogP contribution < -0.4 is 0 Å². The maximum atomic E-state index is 12.8. The maximum absolute atomic E-state index is 12.8. The molecule has 0 fully saturated rings. The average Bonchev–Trinajstić information content (AvgIpc) is 2.71. The van der Waals surface area contributed by atoms with Gasteiger partial charge in [0.15, 0.2) is 0 Å². The number of aryl methyl sites for hydroxylation is 1. The third-order valence-corrected chi connectivity index (χ3v) is 6.96. The summed E-state index contributed by atoms with van der Waals surface area (Å²) in [6.45, 7) is 0. The van der Waals surface area contributed by atoms with Gasteiger partial charge >= 0.3 is 12.1 Å². The molecule has 1 atom stereocenters. The van der Waals surface area contributed by atoms with Crippen LogP contribution in [0.4, 0.5) is 22.0 Å². The molecule has 31 heavy (non-hydrogen) atoms. The Morgan fingerprint density at radius 1 is 0.677 bits per heavy atom. The molecule has 0 amide bonds. The average molecular weight is 463 g/mol. The van der Waals surface area contributed by atoms with E-state index in [0.717, 1.165) is 51.4 Å². The van der Waals surface area contributed by atoms with Gasteiger partial charge in [0.05, 0.1) is 0 Å². The summed E-state index contributed by atoms with van der Waals surface area (Å²) in [5.74, 6) is -4.41. The fourth-order valence-electron chi connectivity index (χ4n) is 3.67. The molecule has 0 bridgehead atoms. The van der Waals surface area contributed by atoms with Crippen LogP contribution in [0.3, 0.4) is 0 Å². The minimum absolute atomic E-state index is 0.0974. The highest BCUT2D eigenvalue weighted by Gasteiger charge is 2.56. The highest BCUT2D eigenvalue weighted by atomic mass is 32.2. The van der Waals surface area contributed by atoms with Crippen LogP contribution in [0.25, 0.3) is 10.8 Å². The lowest BCUT2D eigenvalue weighted by Gasteiger charge is -2.19. The van der Waals surface area contributed by atoms with Crippen LogP contribution in [0.15, 0.2) is 42.5 Å². The van der Waals surface area contributed by atoms with E-state index in [9.17, 15) is 26.5 Å². The van der Waals surface area contributed by atoms with E-state index in [-0.39, 0.29) is 12.2 Å². The molecule has 174 valence electrons. The lowest BCUT2D eigenvalue weighted by atomic mass is 9.99. The SMILES string of the molecule is [O-][S+](CCCCCCCCCc1cccc2ccccc12)CCCC(F)(F)C(F)(F)F. The molecule has 2 rings (SSSR count). The van der Waals surface area contributed by atoms with Crippen LogP contribution in [0.2, 0.25) is 0 Å². The van der Waals surface area contributed by atoms with Crippen molar-refractivity contribution in [2.75, 3.05) is 11.5 Å². The van der Waals surface area contributed by atoms with Crippen molar-refractivity contribution in [1.82, 2.24) is 0 Å². The number of benzene rings is 2. The Hall–Kier alpha value is -1.34. The van der Waals surface area contributed by atoms with Crippen molar-refractivity contribution in [3.63, 3.8) is 0 Å². The lowest BCUT2D eigenvalue weighted by molar-refractivity contribution is -0.284. The molecule has 1 nitrogen and oxygen atoms in total. The molecule has 7 heteroatoms. The van der Waals surface area contributed by atoms with E-state index < -0.39 is 29.7 Å². The van der Waals surface area contributed by atoms with Gasteiger partial charge in [-0.1, -0.05) is 79.3 Å². The standard InChI is InChI=1S/C24H31F5OS/c25-23(26,24(27,28)29)17-11-19-31(30)18-9-5-3-1-2-4-6-12-20-14-10-15-21-13-7-8-16-22(20)21/h7-8,10,13-16H,1-6,9,11-12,17-19H2. The zero-order chi connectivity index (χ0) is 22.7. The van der Waals surface area contributed by atoms with Gasteiger partial charge < -0.3 is 4.55 Å². The molecule has 0 aliphatic carbocycles. The lowest BCUT2D eigenvalue weighted by Crippen LogP contribution is -2.36. The zero-order valence-corrected chi connectivity index (χ0v) is 18.5. The summed E-state index contributed by atoms with van der Waals surface area (Å²) < 4.78 is 73.6. The Kier molecular flexibility index (Phi) is 10.6. The molecule has 2 aromatic rings. The first-order valence-electron chi connectivity index (χ1n) is 11.0. The van der Waals surface area contributed by atoms with E-state index >= 15 is 0 Å². The number of halogens is 5. The van der Waals surface area contributed by atoms with E-state index in [4.69, 9.17) is 0 Å². The number of unbranched alkanes of at least 4 members (excludes halogenated alkanes) is 6. The highest BCUT2D eigenvalue weighted by Crippen LogP contribution is 2.38. The summed E-state index contributed by atoms with van der Waals surface area (Å²) in [4.78, 5) is 0. The molecule has 0 saturated carbocycles. The Morgan fingerprint density at radius 2 is 1.26 bits per heavy atom. The van der Waals surface area contributed by atoms with Crippen molar-refractivity contribution >= 4 is 21.9 Å². The number of fused-ring (bicyclic) bond motifs is 1. The van der Waals surface area contributed by atoms with Gasteiger partial charge in [0.2, 0.25) is 0 Å². The first kappa shape index (κ1) is 25.9. The van der Waals surface area contributed by atoms with Crippen LogP contribution in [-0.4, -0.2) is 28.2 Å². The van der Waals surface area contributed by atoms with Crippen LogP contribution in [0.1, 0.15) is 63.4 Å². The van der Waals surface area contributed by atoms with Gasteiger partial charge in [-0.3, -0.25) is 0 Å². The number of rotatable bonds is 14. The number of hydrogen-bond acceptors (Lipinski definition) is 1. The summed E-state index contributed by atoms with van der Waals surface area (Å²) >= 11 is -1.33. The molecule has 2 aromatic carbocycles. The molecule has 0 heterocycles. The normalized spacial score (nSPS) is 13.6. The van der Waals surface area contributed by atoms with Crippen LogP contribution in [0, 0.1) is 0 Å². The summed E-state index contributed by atoms with van der Waals surface area (Å²) in [5, 5.41) is 2.59. The maximum Gasteiger partial charge on any atom is 0.453 e. The third kappa shape index (κ3) is 8.97. The predicted molar refractivity (Wildman–Crippen MR) is 118 cm³/mol. The highest BCUT2D eigenvalue weighted by molar-refractivity contribution is 7.91. The second-order valence-electron chi connectivity index (χ2n) is 8.02. The zero-order valence-electron chi connectivity index (χ0n) is 17.7. The topological polar surface area (TPSA) is 23.1 Å². The Labute approximate surface area is 184 Å². The molecule has 0 spiro atoms. The predicted octanol–water partition coefficient (Wildman–Crippen LogP) is 7.84. The molecule has 0 N–H and O–H groups in total. The second kappa shape index (κ2) is 12.6. The molecule has 0 radical (unpaired) electrons. The van der Waals surface area contributed by atoms with Crippen molar-refractivity contribution in [1.29, 1.82) is 0 Å². The largest absolute Gasteiger partial charge is 0.616 e. The molecule has 0 aromatic heterocycles. The van der Waals surface area contributed by atoms with Crippen LogP contribution in [0.5, 0.6) is 0 Å². The number of hydrogen-bond donors (Lipinski definition) is 0. The quantitative estimate of drug-likeness (QED) is 0.159. The minimum atomic E-state index is -5.52. The fourth-order valence-corrected chi connectivity index (χ4v) is 4.87. The van der Waals surface area contributed by atoms with E-state index in [2.05, 4.69) is 36.4 Å². The van der Waals surface area contributed by atoms with Crippen molar-refractivity contribution in [3.8, 4) is 0 Å². The minimum Gasteiger partial charge on any atom is -0.616 e. The number of alkyl halides is 5. The molecule has 0 aliphatic heterocycles. The summed E-state index contributed by atoms with van der Waals surface area (Å²) in [6.07, 6.45) is 1.06. The van der Waals surface area contributed by atoms with Crippen LogP contribution >= 0.6 is 0 Å². The first-order chi connectivity index (χ1) is 14.7.